The first-order chi connectivity index (χ1) is 5.95. The van der Waals surface area contributed by atoms with Gasteiger partial charge in [-0.25, -0.2) is 0 Å². The monoisotopic (exact) mass is 189 g/mol. The van der Waals surface area contributed by atoms with E-state index in [1.807, 2.05) is 0 Å². The van der Waals surface area contributed by atoms with E-state index in [2.05, 4.69) is 5.32 Å². The Balaban J connectivity index is 3.56. The Labute approximate surface area is 76.3 Å². The van der Waals surface area contributed by atoms with Crippen LogP contribution in [0.2, 0.25) is 0 Å². The van der Waals surface area contributed by atoms with Gasteiger partial charge in [0.25, 0.3) is 0 Å². The number of aliphatic carboxylic acids is 1. The van der Waals surface area contributed by atoms with Crippen molar-refractivity contribution < 1.29 is 14.7 Å². The third-order valence-electron chi connectivity index (χ3n) is 1.49. The summed E-state index contributed by atoms with van der Waals surface area (Å²) in [4.78, 5) is 21.1. The first kappa shape index (κ1) is 11.9. The number of hydrogen-bond donors (Lipinski definition) is 4. The number of rotatable bonds is 5. The second-order valence-electron chi connectivity index (χ2n) is 2.81. The Morgan fingerprint density at radius 1 is 1.46 bits per heavy atom. The van der Waals surface area contributed by atoms with Gasteiger partial charge in [-0.05, 0) is 13.3 Å². The lowest BCUT2D eigenvalue weighted by molar-refractivity contribution is -0.138. The summed E-state index contributed by atoms with van der Waals surface area (Å²) in [5.41, 5.74) is 10.4. The Morgan fingerprint density at radius 2 is 2.00 bits per heavy atom. The summed E-state index contributed by atoms with van der Waals surface area (Å²) < 4.78 is 0. The average Bonchev–Trinajstić information content (AvgIpc) is 2.03. The second kappa shape index (κ2) is 5.50. The minimum atomic E-state index is -1.07. The zero-order valence-corrected chi connectivity index (χ0v) is 7.49. The zero-order valence-electron chi connectivity index (χ0n) is 7.49. The highest BCUT2D eigenvalue weighted by Gasteiger charge is 2.12. The van der Waals surface area contributed by atoms with Crippen molar-refractivity contribution in [2.24, 2.45) is 11.5 Å². The maximum absolute atomic E-state index is 10.9. The molecule has 0 aliphatic carbocycles. The van der Waals surface area contributed by atoms with Gasteiger partial charge < -0.3 is 21.9 Å². The number of nitrogens with one attached hydrogen (secondary N) is 1. The van der Waals surface area contributed by atoms with Crippen LogP contribution in [0.5, 0.6) is 0 Å². The largest absolute Gasteiger partial charge is 0.480 e. The molecule has 0 aromatic carbocycles. The van der Waals surface area contributed by atoms with Crippen LogP contribution in [0.4, 0.5) is 0 Å². The Hall–Kier alpha value is -1.14. The van der Waals surface area contributed by atoms with Crippen LogP contribution in [0, 0.1) is 0 Å². The highest BCUT2D eigenvalue weighted by atomic mass is 16.4. The van der Waals surface area contributed by atoms with Crippen molar-refractivity contribution in [2.45, 2.75) is 25.4 Å². The van der Waals surface area contributed by atoms with Crippen LogP contribution in [0.3, 0.4) is 0 Å². The van der Waals surface area contributed by atoms with Gasteiger partial charge in [-0.3, -0.25) is 9.59 Å². The molecule has 0 aliphatic rings. The third-order valence-corrected chi connectivity index (χ3v) is 1.49. The zero-order chi connectivity index (χ0) is 10.4. The van der Waals surface area contributed by atoms with E-state index in [1.165, 1.54) is 0 Å². The Kier molecular flexibility index (Phi) is 5.01. The first-order valence-corrected chi connectivity index (χ1v) is 3.97. The van der Waals surface area contributed by atoms with E-state index in [9.17, 15) is 9.59 Å². The van der Waals surface area contributed by atoms with Gasteiger partial charge in [0.05, 0.1) is 6.04 Å². The van der Waals surface area contributed by atoms with E-state index in [0.29, 0.717) is 0 Å². The molecule has 0 rings (SSSR count). The predicted molar refractivity (Wildman–Crippen MR) is 46.9 cm³/mol. The Morgan fingerprint density at radius 3 is 2.38 bits per heavy atom. The number of carbonyl (C=O) groups is 2. The molecule has 6 heteroatoms. The summed E-state index contributed by atoms with van der Waals surface area (Å²) in [6, 6.07) is -1.52. The fourth-order valence-corrected chi connectivity index (χ4v) is 0.635. The average molecular weight is 189 g/mol. The molecule has 0 radical (unpaired) electrons. The molecule has 0 saturated carbocycles. The summed E-state index contributed by atoms with van der Waals surface area (Å²) in [7, 11) is 0. The maximum Gasteiger partial charge on any atom is 0.320 e. The molecule has 0 aromatic heterocycles. The van der Waals surface area contributed by atoms with Crippen LogP contribution in [0.15, 0.2) is 0 Å². The molecule has 0 unspecified atom stereocenters. The summed E-state index contributed by atoms with van der Waals surface area (Å²) in [6.07, 6.45) is 0.202. The van der Waals surface area contributed by atoms with Crippen LogP contribution in [-0.4, -0.2) is 35.6 Å². The van der Waals surface area contributed by atoms with Crippen LogP contribution in [0.1, 0.15) is 13.3 Å². The lowest BCUT2D eigenvalue weighted by Crippen LogP contribution is -2.41. The topological polar surface area (TPSA) is 118 Å². The number of carboxylic acids is 1. The fraction of sp³-hybridized carbons (Fsp3) is 0.714. The number of nitrogens with two attached hydrogens (primary N) is 2. The maximum atomic E-state index is 10.9. The van der Waals surface area contributed by atoms with Gasteiger partial charge in [0.2, 0.25) is 5.91 Å². The van der Waals surface area contributed by atoms with Crippen molar-refractivity contribution in [1.29, 1.82) is 0 Å². The standard InChI is InChI=1S/C7H15N3O3/c1-4(8)6(11)10-3-2-5(9)7(12)13/h4-5H,2-3,8-9H2,1H3,(H,10,11)(H,12,13)/t4-,5+/m1/s1. The van der Waals surface area contributed by atoms with Gasteiger partial charge in [-0.1, -0.05) is 0 Å². The van der Waals surface area contributed by atoms with Gasteiger partial charge >= 0.3 is 5.97 Å². The van der Waals surface area contributed by atoms with Crippen molar-refractivity contribution in [1.82, 2.24) is 5.32 Å². The van der Waals surface area contributed by atoms with E-state index in [0.717, 1.165) is 0 Å². The molecule has 0 spiro atoms. The molecule has 0 aromatic rings. The van der Waals surface area contributed by atoms with Crippen LogP contribution < -0.4 is 16.8 Å². The summed E-state index contributed by atoms with van der Waals surface area (Å²) in [5.74, 6) is -1.38. The first-order valence-electron chi connectivity index (χ1n) is 3.97. The van der Waals surface area contributed by atoms with Crippen molar-refractivity contribution in [3.8, 4) is 0 Å². The minimum absolute atomic E-state index is 0.202. The SMILES string of the molecule is C[C@@H](N)C(=O)NCC[C@H](N)C(=O)O. The quantitative estimate of drug-likeness (QED) is 0.409. The molecule has 0 bridgehead atoms. The van der Waals surface area contributed by atoms with E-state index in [4.69, 9.17) is 16.6 Å². The molecule has 1 amide bonds. The van der Waals surface area contributed by atoms with Gasteiger partial charge in [0.1, 0.15) is 6.04 Å². The van der Waals surface area contributed by atoms with Crippen molar-refractivity contribution in [3.63, 3.8) is 0 Å². The number of carbonyl (C=O) groups excluding carboxylic acids is 1. The molecule has 0 aliphatic heterocycles. The van der Waals surface area contributed by atoms with E-state index < -0.39 is 18.1 Å². The highest BCUT2D eigenvalue weighted by molar-refractivity contribution is 5.81. The van der Waals surface area contributed by atoms with Crippen molar-refractivity contribution in [3.05, 3.63) is 0 Å². The molecule has 2 atom stereocenters. The lowest BCUT2D eigenvalue weighted by Gasteiger charge is -2.09. The smallest absolute Gasteiger partial charge is 0.320 e. The number of amides is 1. The molecule has 6 N–H and O–H groups in total. The van der Waals surface area contributed by atoms with Crippen molar-refractivity contribution >= 4 is 11.9 Å². The van der Waals surface area contributed by atoms with Crippen molar-refractivity contribution in [2.75, 3.05) is 6.54 Å². The highest BCUT2D eigenvalue weighted by Crippen LogP contribution is 1.86. The van der Waals surface area contributed by atoms with Gasteiger partial charge in [-0.2, -0.15) is 0 Å². The molecule has 0 saturated heterocycles. The molecule has 0 heterocycles. The summed E-state index contributed by atoms with van der Waals surface area (Å²) in [5, 5.41) is 10.9. The third kappa shape index (κ3) is 5.15. The van der Waals surface area contributed by atoms with E-state index >= 15 is 0 Å². The van der Waals surface area contributed by atoms with Gasteiger partial charge in [0.15, 0.2) is 0 Å². The van der Waals surface area contributed by atoms with Crippen LogP contribution >= 0.6 is 0 Å². The molecule has 0 fully saturated rings. The minimum Gasteiger partial charge on any atom is -0.480 e. The second-order valence-corrected chi connectivity index (χ2v) is 2.81. The number of hydrogen-bond acceptors (Lipinski definition) is 4. The Bertz CT molecular complexity index is 193. The van der Waals surface area contributed by atoms with E-state index in [1.54, 1.807) is 6.92 Å². The summed E-state index contributed by atoms with van der Waals surface area (Å²) in [6.45, 7) is 1.78. The molecular formula is C7H15N3O3. The summed E-state index contributed by atoms with van der Waals surface area (Å²) >= 11 is 0. The number of carboxylic acid groups (broad SMARTS) is 1. The molecular weight excluding hydrogens is 174 g/mol. The predicted octanol–water partition coefficient (Wildman–Crippen LogP) is -1.75. The van der Waals surface area contributed by atoms with E-state index in [-0.39, 0.29) is 18.9 Å². The van der Waals surface area contributed by atoms with Gasteiger partial charge in [0, 0.05) is 6.54 Å². The lowest BCUT2D eigenvalue weighted by atomic mass is 10.2. The van der Waals surface area contributed by atoms with Crippen LogP contribution in [-0.2, 0) is 9.59 Å². The fourth-order valence-electron chi connectivity index (χ4n) is 0.635. The van der Waals surface area contributed by atoms with Crippen LogP contribution in [0.25, 0.3) is 0 Å². The van der Waals surface area contributed by atoms with Gasteiger partial charge in [-0.15, -0.1) is 0 Å². The molecule has 76 valence electrons. The normalized spacial score (nSPS) is 14.7. The molecule has 13 heavy (non-hydrogen) atoms. The molecule has 6 nitrogen and oxygen atoms in total.